The van der Waals surface area contributed by atoms with Crippen LogP contribution in [0.4, 0.5) is 0 Å². The maximum atomic E-state index is 11.9. The first-order valence-electron chi connectivity index (χ1n) is 13.8. The van der Waals surface area contributed by atoms with Crippen LogP contribution in [0.15, 0.2) is 12.2 Å². The number of hydrogen-bond acceptors (Lipinski definition) is 5. The first kappa shape index (κ1) is 34.9. The summed E-state index contributed by atoms with van der Waals surface area (Å²) in [5.74, 6) is -0.109. The van der Waals surface area contributed by atoms with Crippen molar-refractivity contribution in [3.05, 3.63) is 12.2 Å². The van der Waals surface area contributed by atoms with Gasteiger partial charge in [0.25, 0.3) is 10.1 Å². The summed E-state index contributed by atoms with van der Waals surface area (Å²) in [5, 5.41) is 5.51. The van der Waals surface area contributed by atoms with Gasteiger partial charge in [0.2, 0.25) is 11.8 Å². The normalized spacial score (nSPS) is 12.2. The van der Waals surface area contributed by atoms with Gasteiger partial charge in [-0.1, -0.05) is 76.9 Å². The zero-order chi connectivity index (χ0) is 27.1. The van der Waals surface area contributed by atoms with Crippen molar-refractivity contribution >= 4 is 33.7 Å². The third kappa shape index (κ3) is 26.0. The number of allylic oxidation sites excluding steroid dienone is 2. The Morgan fingerprint density at radius 2 is 1.36 bits per heavy atom. The second-order valence-corrected chi connectivity index (χ2v) is 12.8. The Bertz CT molecular complexity index is 709. The quantitative estimate of drug-likeness (QED) is 0.0769. The largest absolute Gasteiger partial charge is 0.355 e. The molecule has 0 heterocycles. The molecule has 0 aliphatic carbocycles. The van der Waals surface area contributed by atoms with Gasteiger partial charge in [-0.2, -0.15) is 20.2 Å². The van der Waals surface area contributed by atoms with Crippen molar-refractivity contribution in [1.29, 1.82) is 0 Å². The Kier molecular flexibility index (Phi) is 21.3. The van der Waals surface area contributed by atoms with E-state index in [0.29, 0.717) is 18.1 Å². The molecule has 36 heavy (non-hydrogen) atoms. The average molecular weight is 549 g/mol. The van der Waals surface area contributed by atoms with Gasteiger partial charge >= 0.3 is 0 Å². The van der Waals surface area contributed by atoms with Gasteiger partial charge in [0.15, 0.2) is 0 Å². The number of unbranched alkanes of at least 4 members (excludes halogenated alkanes) is 12. The predicted octanol–water partition coefficient (Wildman–Crippen LogP) is 6.05. The average Bonchev–Trinajstić information content (AvgIpc) is 2.76. The molecule has 0 saturated carbocycles. The molecule has 3 N–H and O–H groups in total. The molecule has 0 saturated heterocycles. The summed E-state index contributed by atoms with van der Waals surface area (Å²) in [6.45, 7) is 6.01. The fourth-order valence-electron chi connectivity index (χ4n) is 3.91. The predicted molar refractivity (Wildman–Crippen MR) is 153 cm³/mol. The van der Waals surface area contributed by atoms with E-state index in [0.717, 1.165) is 12.8 Å². The first-order chi connectivity index (χ1) is 17.1. The van der Waals surface area contributed by atoms with Gasteiger partial charge in [-0.15, -0.1) is 0 Å². The minimum absolute atomic E-state index is 0.0279. The van der Waals surface area contributed by atoms with Gasteiger partial charge in [0, 0.05) is 18.7 Å². The highest BCUT2D eigenvalue weighted by atomic mass is 32.2. The van der Waals surface area contributed by atoms with Gasteiger partial charge in [-0.3, -0.25) is 14.1 Å². The van der Waals surface area contributed by atoms with E-state index < -0.39 is 21.4 Å². The van der Waals surface area contributed by atoms with Crippen LogP contribution in [-0.4, -0.2) is 54.1 Å². The van der Waals surface area contributed by atoms with Crippen molar-refractivity contribution in [3.8, 4) is 0 Å². The topological polar surface area (TPSA) is 113 Å². The molecular formula is C27H52N2O5S2. The Hall–Kier alpha value is -1.06. The number of thioether (sulfide) groups is 1. The first-order valence-corrected chi connectivity index (χ1v) is 16.6. The number of amides is 2. The van der Waals surface area contributed by atoms with Crippen molar-refractivity contribution in [3.63, 3.8) is 0 Å². The molecule has 2 amide bonds. The molecule has 0 aliphatic heterocycles. The summed E-state index contributed by atoms with van der Waals surface area (Å²) < 4.78 is 30.9. The van der Waals surface area contributed by atoms with E-state index in [9.17, 15) is 18.0 Å². The van der Waals surface area contributed by atoms with Gasteiger partial charge < -0.3 is 10.6 Å². The van der Waals surface area contributed by atoms with Crippen molar-refractivity contribution in [1.82, 2.24) is 10.6 Å². The summed E-state index contributed by atoms with van der Waals surface area (Å²) in [6.07, 6.45) is 22.5. The zero-order valence-corrected chi connectivity index (χ0v) is 24.6. The molecule has 0 spiro atoms. The summed E-state index contributed by atoms with van der Waals surface area (Å²) in [6, 6.07) is 0. The molecular weight excluding hydrogens is 496 g/mol. The molecule has 7 nitrogen and oxygen atoms in total. The lowest BCUT2D eigenvalue weighted by atomic mass is 10.1. The van der Waals surface area contributed by atoms with E-state index in [1.165, 1.54) is 103 Å². The fraction of sp³-hybridized carbons (Fsp3) is 0.852. The van der Waals surface area contributed by atoms with E-state index in [-0.39, 0.29) is 18.2 Å². The molecule has 0 aromatic rings. The second kappa shape index (κ2) is 22.0. The third-order valence-electron chi connectivity index (χ3n) is 5.74. The maximum absolute atomic E-state index is 11.9. The van der Waals surface area contributed by atoms with Gasteiger partial charge in [0.1, 0.15) is 0 Å². The highest BCUT2D eigenvalue weighted by molar-refractivity contribution is 7.99. The molecule has 0 radical (unpaired) electrons. The van der Waals surface area contributed by atoms with Crippen molar-refractivity contribution in [2.75, 3.05) is 23.8 Å². The van der Waals surface area contributed by atoms with Crippen LogP contribution >= 0.6 is 11.8 Å². The zero-order valence-electron chi connectivity index (χ0n) is 23.0. The third-order valence-corrected chi connectivity index (χ3v) is 7.78. The number of carbonyl (C=O) groups is 2. The van der Waals surface area contributed by atoms with Crippen LogP contribution in [0.2, 0.25) is 0 Å². The minimum atomic E-state index is -4.17. The molecule has 212 valence electrons. The highest BCUT2D eigenvalue weighted by Crippen LogP contribution is 2.10. The van der Waals surface area contributed by atoms with Crippen LogP contribution in [-0.2, 0) is 19.7 Å². The van der Waals surface area contributed by atoms with Crippen molar-refractivity contribution in [2.45, 2.75) is 123 Å². The minimum Gasteiger partial charge on any atom is -0.355 e. The summed E-state index contributed by atoms with van der Waals surface area (Å²) in [4.78, 5) is 23.8. The van der Waals surface area contributed by atoms with Gasteiger partial charge in [-0.25, -0.2) is 0 Å². The van der Waals surface area contributed by atoms with E-state index >= 15 is 0 Å². The summed E-state index contributed by atoms with van der Waals surface area (Å²) >= 11 is 1.37. The highest BCUT2D eigenvalue weighted by Gasteiger charge is 2.26. The fourth-order valence-corrected chi connectivity index (χ4v) is 5.66. The Morgan fingerprint density at radius 1 is 0.833 bits per heavy atom. The van der Waals surface area contributed by atoms with Crippen LogP contribution in [0.3, 0.4) is 0 Å². The molecule has 0 aliphatic rings. The molecule has 0 unspecified atom stereocenters. The number of carbonyl (C=O) groups excluding carboxylic acids is 2. The number of rotatable bonds is 24. The van der Waals surface area contributed by atoms with Gasteiger partial charge in [-0.05, 0) is 46.0 Å². The van der Waals surface area contributed by atoms with Crippen LogP contribution in [0.1, 0.15) is 117 Å². The lowest BCUT2D eigenvalue weighted by Gasteiger charge is -2.24. The van der Waals surface area contributed by atoms with Crippen molar-refractivity contribution in [2.24, 2.45) is 0 Å². The lowest BCUT2D eigenvalue weighted by molar-refractivity contribution is -0.122. The molecule has 0 aromatic carbocycles. The SMILES string of the molecule is CCCCCCCC/C=C\CCCCCCCCNC(=O)CSCCC(=O)NC(C)(C)CS(=O)(=O)O. The van der Waals surface area contributed by atoms with Crippen LogP contribution < -0.4 is 10.6 Å². The number of hydrogen-bond donors (Lipinski definition) is 3. The monoisotopic (exact) mass is 548 g/mol. The Labute approximate surface area is 225 Å². The van der Waals surface area contributed by atoms with Crippen LogP contribution in [0.25, 0.3) is 0 Å². The van der Waals surface area contributed by atoms with E-state index in [1.54, 1.807) is 0 Å². The Morgan fingerprint density at radius 3 is 1.92 bits per heavy atom. The van der Waals surface area contributed by atoms with Crippen molar-refractivity contribution < 1.29 is 22.6 Å². The Balaban J connectivity index is 3.50. The van der Waals surface area contributed by atoms with Crippen LogP contribution in [0.5, 0.6) is 0 Å². The standard InChI is InChI=1S/C27H52N2O5S2/c1-4-5-6-7-8-9-10-11-12-13-14-15-16-17-18-19-21-28-26(31)23-35-22-20-25(30)29-27(2,3)24-36(32,33)34/h11-12H,4-10,13-24H2,1-3H3,(H,28,31)(H,29,30)(H,32,33,34)/b12-11-. The molecule has 0 bridgehead atoms. The van der Waals surface area contributed by atoms with Gasteiger partial charge in [0.05, 0.1) is 17.0 Å². The summed E-state index contributed by atoms with van der Waals surface area (Å²) in [5.41, 5.74) is -1.04. The number of nitrogens with one attached hydrogen (secondary N) is 2. The molecule has 9 heteroatoms. The van der Waals surface area contributed by atoms with E-state index in [4.69, 9.17) is 4.55 Å². The molecule has 0 rings (SSSR count). The smallest absolute Gasteiger partial charge is 0.267 e. The summed E-state index contributed by atoms with van der Waals surface area (Å²) in [7, 11) is -4.17. The van der Waals surface area contributed by atoms with E-state index in [2.05, 4.69) is 29.7 Å². The lowest BCUT2D eigenvalue weighted by Crippen LogP contribution is -2.48. The van der Waals surface area contributed by atoms with E-state index in [1.807, 2.05) is 0 Å². The van der Waals surface area contributed by atoms with Crippen LogP contribution in [0, 0.1) is 0 Å². The molecule has 0 atom stereocenters. The molecule has 0 fully saturated rings. The molecule has 0 aromatic heterocycles. The maximum Gasteiger partial charge on any atom is 0.267 e. The second-order valence-electron chi connectivity index (χ2n) is 10.2.